The summed E-state index contributed by atoms with van der Waals surface area (Å²) in [5.41, 5.74) is 1.39. The average Bonchev–Trinajstić information content (AvgIpc) is 2.27. The molecular weight excluding hydrogens is 184 g/mol. The third kappa shape index (κ3) is 4.96. The SMILES string of the molecule is CCN(C)CCN(C)Cc1ccccc1. The number of nitrogens with zero attached hydrogens (tertiary/aromatic N) is 2. The van der Waals surface area contributed by atoms with Gasteiger partial charge in [0.2, 0.25) is 0 Å². The second-order valence-corrected chi connectivity index (χ2v) is 4.12. The third-order valence-electron chi connectivity index (χ3n) is 2.70. The molecule has 0 heterocycles. The molecule has 1 rings (SSSR count). The van der Waals surface area contributed by atoms with Crippen LogP contribution in [-0.4, -0.2) is 43.5 Å². The Morgan fingerprint density at radius 2 is 1.53 bits per heavy atom. The van der Waals surface area contributed by atoms with Gasteiger partial charge < -0.3 is 9.80 Å². The van der Waals surface area contributed by atoms with E-state index in [-0.39, 0.29) is 0 Å². The highest BCUT2D eigenvalue weighted by molar-refractivity contribution is 5.14. The van der Waals surface area contributed by atoms with Gasteiger partial charge in [0, 0.05) is 19.6 Å². The van der Waals surface area contributed by atoms with Gasteiger partial charge in [0.15, 0.2) is 0 Å². The number of likely N-dealkylation sites (N-methyl/N-ethyl adjacent to an activating group) is 2. The van der Waals surface area contributed by atoms with E-state index in [2.05, 4.69) is 61.2 Å². The van der Waals surface area contributed by atoms with Gasteiger partial charge in [-0.3, -0.25) is 0 Å². The lowest BCUT2D eigenvalue weighted by molar-refractivity contribution is 0.258. The minimum absolute atomic E-state index is 1.04. The molecule has 1 aromatic carbocycles. The van der Waals surface area contributed by atoms with Gasteiger partial charge in [0.25, 0.3) is 0 Å². The minimum Gasteiger partial charge on any atom is -0.305 e. The van der Waals surface area contributed by atoms with Crippen LogP contribution in [0.5, 0.6) is 0 Å². The van der Waals surface area contributed by atoms with E-state index in [1.807, 2.05) is 0 Å². The van der Waals surface area contributed by atoms with E-state index in [1.54, 1.807) is 0 Å². The van der Waals surface area contributed by atoms with Gasteiger partial charge in [0.05, 0.1) is 0 Å². The van der Waals surface area contributed by atoms with Gasteiger partial charge >= 0.3 is 0 Å². The highest BCUT2D eigenvalue weighted by Crippen LogP contribution is 2.02. The predicted molar refractivity (Wildman–Crippen MR) is 65.9 cm³/mol. The lowest BCUT2D eigenvalue weighted by Gasteiger charge is -2.20. The number of benzene rings is 1. The van der Waals surface area contributed by atoms with Crippen LogP contribution in [0.3, 0.4) is 0 Å². The molecule has 0 spiro atoms. The molecule has 0 saturated carbocycles. The molecule has 0 radical (unpaired) electrons. The molecule has 1 aromatic rings. The van der Waals surface area contributed by atoms with Gasteiger partial charge in [-0.05, 0) is 26.2 Å². The molecule has 0 bridgehead atoms. The van der Waals surface area contributed by atoms with Crippen molar-refractivity contribution in [2.45, 2.75) is 13.5 Å². The lowest BCUT2D eigenvalue weighted by Crippen LogP contribution is -2.30. The van der Waals surface area contributed by atoms with E-state index >= 15 is 0 Å². The van der Waals surface area contributed by atoms with Crippen LogP contribution in [0.2, 0.25) is 0 Å². The van der Waals surface area contributed by atoms with Gasteiger partial charge in [-0.25, -0.2) is 0 Å². The lowest BCUT2D eigenvalue weighted by atomic mass is 10.2. The van der Waals surface area contributed by atoms with Crippen LogP contribution in [0.25, 0.3) is 0 Å². The molecule has 0 aliphatic carbocycles. The smallest absolute Gasteiger partial charge is 0.0231 e. The van der Waals surface area contributed by atoms with Crippen molar-refractivity contribution in [2.24, 2.45) is 0 Å². The van der Waals surface area contributed by atoms with Crippen LogP contribution < -0.4 is 0 Å². The Bertz CT molecular complexity index is 258. The molecule has 0 aliphatic heterocycles. The Hall–Kier alpha value is -0.860. The first-order valence-electron chi connectivity index (χ1n) is 5.63. The molecule has 0 aromatic heterocycles. The summed E-state index contributed by atoms with van der Waals surface area (Å²) in [5, 5.41) is 0. The summed E-state index contributed by atoms with van der Waals surface area (Å²) in [6, 6.07) is 10.6. The number of hydrogen-bond donors (Lipinski definition) is 0. The minimum atomic E-state index is 1.04. The fourth-order valence-corrected chi connectivity index (χ4v) is 1.47. The summed E-state index contributed by atoms with van der Waals surface area (Å²) in [6.07, 6.45) is 0. The van der Waals surface area contributed by atoms with Crippen molar-refractivity contribution in [1.82, 2.24) is 9.80 Å². The van der Waals surface area contributed by atoms with Crippen molar-refractivity contribution in [3.63, 3.8) is 0 Å². The summed E-state index contributed by atoms with van der Waals surface area (Å²) in [4.78, 5) is 4.70. The van der Waals surface area contributed by atoms with Crippen LogP contribution in [0, 0.1) is 0 Å². The van der Waals surface area contributed by atoms with Crippen molar-refractivity contribution < 1.29 is 0 Å². The highest BCUT2D eigenvalue weighted by atomic mass is 15.2. The predicted octanol–water partition coefficient (Wildman–Crippen LogP) is 2.07. The second kappa shape index (κ2) is 6.59. The normalized spacial score (nSPS) is 11.3. The molecule has 0 N–H and O–H groups in total. The molecule has 0 saturated heterocycles. The summed E-state index contributed by atoms with van der Waals surface area (Å²) in [5.74, 6) is 0. The zero-order chi connectivity index (χ0) is 11.1. The van der Waals surface area contributed by atoms with Crippen LogP contribution >= 0.6 is 0 Å². The molecule has 15 heavy (non-hydrogen) atoms. The highest BCUT2D eigenvalue weighted by Gasteiger charge is 2.01. The maximum atomic E-state index is 2.36. The molecule has 0 fully saturated rings. The standard InChI is InChI=1S/C13H22N2/c1-4-14(2)10-11-15(3)12-13-8-6-5-7-9-13/h5-9H,4,10-12H2,1-3H3. The maximum Gasteiger partial charge on any atom is 0.0231 e. The molecule has 0 aliphatic rings. The van der Waals surface area contributed by atoms with E-state index in [0.29, 0.717) is 0 Å². The van der Waals surface area contributed by atoms with E-state index in [0.717, 1.165) is 26.2 Å². The fraction of sp³-hybridized carbons (Fsp3) is 0.538. The molecule has 0 atom stereocenters. The van der Waals surface area contributed by atoms with Crippen LogP contribution in [-0.2, 0) is 6.54 Å². The Morgan fingerprint density at radius 1 is 0.933 bits per heavy atom. The molecule has 2 nitrogen and oxygen atoms in total. The number of hydrogen-bond acceptors (Lipinski definition) is 2. The Balaban J connectivity index is 2.27. The molecule has 2 heteroatoms. The Kier molecular flexibility index (Phi) is 5.37. The van der Waals surface area contributed by atoms with Crippen LogP contribution in [0.4, 0.5) is 0 Å². The maximum absolute atomic E-state index is 2.36. The summed E-state index contributed by atoms with van der Waals surface area (Å²) < 4.78 is 0. The molecular formula is C13H22N2. The first kappa shape index (κ1) is 12.2. The summed E-state index contributed by atoms with van der Waals surface area (Å²) in [7, 11) is 4.34. The third-order valence-corrected chi connectivity index (χ3v) is 2.70. The molecule has 0 unspecified atom stereocenters. The van der Waals surface area contributed by atoms with Crippen LogP contribution in [0.15, 0.2) is 30.3 Å². The number of rotatable bonds is 6. The van der Waals surface area contributed by atoms with Gasteiger partial charge in [-0.1, -0.05) is 37.3 Å². The van der Waals surface area contributed by atoms with Crippen LogP contribution in [0.1, 0.15) is 12.5 Å². The fourth-order valence-electron chi connectivity index (χ4n) is 1.47. The van der Waals surface area contributed by atoms with E-state index in [1.165, 1.54) is 5.56 Å². The Morgan fingerprint density at radius 3 is 2.13 bits per heavy atom. The summed E-state index contributed by atoms with van der Waals surface area (Å²) in [6.45, 7) is 6.62. The summed E-state index contributed by atoms with van der Waals surface area (Å²) >= 11 is 0. The average molecular weight is 206 g/mol. The van der Waals surface area contributed by atoms with Gasteiger partial charge in [0.1, 0.15) is 0 Å². The van der Waals surface area contributed by atoms with Crippen molar-refractivity contribution in [3.05, 3.63) is 35.9 Å². The molecule has 0 amide bonds. The first-order chi connectivity index (χ1) is 7.22. The quantitative estimate of drug-likeness (QED) is 0.703. The first-order valence-corrected chi connectivity index (χ1v) is 5.63. The molecule has 84 valence electrons. The van der Waals surface area contributed by atoms with Gasteiger partial charge in [-0.2, -0.15) is 0 Å². The van der Waals surface area contributed by atoms with E-state index < -0.39 is 0 Å². The largest absolute Gasteiger partial charge is 0.305 e. The zero-order valence-corrected chi connectivity index (χ0v) is 10.1. The Labute approximate surface area is 93.5 Å². The van der Waals surface area contributed by atoms with E-state index in [4.69, 9.17) is 0 Å². The van der Waals surface area contributed by atoms with Crippen molar-refractivity contribution >= 4 is 0 Å². The monoisotopic (exact) mass is 206 g/mol. The second-order valence-electron chi connectivity index (χ2n) is 4.12. The topological polar surface area (TPSA) is 6.48 Å². The van der Waals surface area contributed by atoms with Crippen molar-refractivity contribution in [1.29, 1.82) is 0 Å². The van der Waals surface area contributed by atoms with Gasteiger partial charge in [-0.15, -0.1) is 0 Å². The van der Waals surface area contributed by atoms with E-state index in [9.17, 15) is 0 Å². The van der Waals surface area contributed by atoms with Crippen molar-refractivity contribution in [2.75, 3.05) is 33.7 Å². The van der Waals surface area contributed by atoms with Crippen molar-refractivity contribution in [3.8, 4) is 0 Å². The zero-order valence-electron chi connectivity index (χ0n) is 10.1.